The van der Waals surface area contributed by atoms with E-state index < -0.39 is 64.3 Å². The predicted octanol–water partition coefficient (Wildman–Crippen LogP) is 3.89. The number of para-hydroxylation sites is 1. The quantitative estimate of drug-likeness (QED) is 0.114. The highest BCUT2D eigenvalue weighted by molar-refractivity contribution is 7.86. The van der Waals surface area contributed by atoms with Gasteiger partial charge in [-0.05, 0) is 61.3 Å². The molecular weight excluding hydrogens is 720 g/mol. The van der Waals surface area contributed by atoms with E-state index in [1.807, 2.05) is 6.07 Å². The first-order valence-electron chi connectivity index (χ1n) is 12.6. The van der Waals surface area contributed by atoms with E-state index in [1.54, 1.807) is 24.3 Å². The van der Waals surface area contributed by atoms with Crippen molar-refractivity contribution in [3.05, 3.63) is 75.3 Å². The molecule has 19 nitrogen and oxygen atoms in total. The molecule has 23 heteroatoms. The molecule has 0 atom stereocenters. The third-order valence-corrected chi connectivity index (χ3v) is 7.54. The Labute approximate surface area is 280 Å². The molecule has 0 aliphatic rings. The number of rotatable bonds is 10. The molecule has 2 aromatic heterocycles. The van der Waals surface area contributed by atoms with Crippen LogP contribution in [0.3, 0.4) is 0 Å². The van der Waals surface area contributed by atoms with Crippen LogP contribution in [-0.2, 0) is 43.1 Å². The zero-order valence-corrected chi connectivity index (χ0v) is 27.1. The minimum atomic E-state index is -4.84. The standard InChI is InChI=1S/C24H23ClN8O8S2.CH4.O3S/c1-3-33-20(34)16(12-42(36,37)38)13(2)19(21(33)35)32-31-17-11-15(9-10-18(17)43(39,40)41)27-24-29-22(25)28-23(30-24)26-14-7-5-4-6-8-14;;1-4(2)3/h4-11,34H,3,12H2,1-2H3,(H,36,37,38)(H,39,40,41)(H2,26,27,28,29,30);1H4;. The first kappa shape index (κ1) is 39.3. The summed E-state index contributed by atoms with van der Waals surface area (Å²) < 4.78 is 92.4. The molecule has 0 amide bonds. The summed E-state index contributed by atoms with van der Waals surface area (Å²) in [6, 6.07) is 12.4. The predicted molar refractivity (Wildman–Crippen MR) is 173 cm³/mol. The summed E-state index contributed by atoms with van der Waals surface area (Å²) in [6.07, 6.45) is 0. The van der Waals surface area contributed by atoms with Gasteiger partial charge in [-0.1, -0.05) is 25.6 Å². The lowest BCUT2D eigenvalue weighted by Gasteiger charge is -2.14. The van der Waals surface area contributed by atoms with Crippen molar-refractivity contribution in [1.29, 1.82) is 0 Å². The Morgan fingerprint density at radius 3 is 2.00 bits per heavy atom. The second-order valence-corrected chi connectivity index (χ2v) is 12.6. The van der Waals surface area contributed by atoms with Gasteiger partial charge < -0.3 is 15.7 Å². The van der Waals surface area contributed by atoms with Crippen molar-refractivity contribution in [2.45, 2.75) is 38.5 Å². The molecule has 0 bridgehead atoms. The minimum absolute atomic E-state index is 0. The Morgan fingerprint density at radius 2 is 1.48 bits per heavy atom. The number of aromatic hydroxyl groups is 1. The maximum absolute atomic E-state index is 13.0. The van der Waals surface area contributed by atoms with E-state index >= 15 is 0 Å². The molecule has 4 aromatic rings. The van der Waals surface area contributed by atoms with Crippen LogP contribution in [0.5, 0.6) is 5.88 Å². The van der Waals surface area contributed by atoms with E-state index in [9.17, 15) is 35.8 Å². The molecule has 0 saturated heterocycles. The highest BCUT2D eigenvalue weighted by Gasteiger charge is 2.23. The number of benzene rings is 2. The van der Waals surface area contributed by atoms with Crippen LogP contribution < -0.4 is 16.2 Å². The van der Waals surface area contributed by atoms with Crippen LogP contribution in [0.2, 0.25) is 5.28 Å². The van der Waals surface area contributed by atoms with Crippen LogP contribution in [0.4, 0.5) is 34.6 Å². The minimum Gasteiger partial charge on any atom is -0.494 e. The smallest absolute Gasteiger partial charge is 0.425 e. The fraction of sp³-hybridized carbons (Fsp3) is 0.200. The summed E-state index contributed by atoms with van der Waals surface area (Å²) in [5.74, 6) is -1.67. The van der Waals surface area contributed by atoms with Crippen molar-refractivity contribution in [2.24, 2.45) is 10.2 Å². The average molecular weight is 747 g/mol. The fourth-order valence-corrected chi connectivity index (χ4v) is 5.34. The lowest BCUT2D eigenvalue weighted by molar-refractivity contribution is 0.403. The van der Waals surface area contributed by atoms with Gasteiger partial charge in [-0.25, -0.2) is 0 Å². The first-order chi connectivity index (χ1) is 21.9. The highest BCUT2D eigenvalue weighted by Crippen LogP contribution is 2.33. The number of hydrogen-bond donors (Lipinski definition) is 5. The Bertz CT molecular complexity index is 2230. The Balaban J connectivity index is 0.00000151. The Morgan fingerprint density at radius 1 is 0.917 bits per heavy atom. The second kappa shape index (κ2) is 16.3. The van der Waals surface area contributed by atoms with Crippen molar-refractivity contribution in [3.63, 3.8) is 0 Å². The summed E-state index contributed by atoms with van der Waals surface area (Å²) in [6.45, 7) is 2.66. The summed E-state index contributed by atoms with van der Waals surface area (Å²) in [7, 11) is -12.6. The number of nitrogens with one attached hydrogen (secondary N) is 2. The number of hydrogen-bond acceptors (Lipinski definition) is 16. The van der Waals surface area contributed by atoms with Crippen LogP contribution in [0.25, 0.3) is 0 Å². The van der Waals surface area contributed by atoms with Crippen molar-refractivity contribution in [2.75, 3.05) is 10.6 Å². The van der Waals surface area contributed by atoms with Gasteiger partial charge in [0.25, 0.3) is 25.8 Å². The molecule has 0 aliphatic carbocycles. The van der Waals surface area contributed by atoms with Gasteiger partial charge in [0.15, 0.2) is 11.6 Å². The van der Waals surface area contributed by atoms with Crippen LogP contribution in [0, 0.1) is 6.92 Å². The largest absolute Gasteiger partial charge is 0.494 e. The van der Waals surface area contributed by atoms with Gasteiger partial charge in [-0.3, -0.25) is 18.5 Å². The Kier molecular flexibility index (Phi) is 13.3. The Hall–Kier alpha value is -4.87. The molecule has 2 aromatic carbocycles. The molecule has 4 rings (SSSR count). The number of aromatic nitrogens is 4. The van der Waals surface area contributed by atoms with Gasteiger partial charge in [-0.15, -0.1) is 22.9 Å². The molecule has 48 heavy (non-hydrogen) atoms. The van der Waals surface area contributed by atoms with Crippen LogP contribution in [0.15, 0.2) is 68.4 Å². The van der Waals surface area contributed by atoms with E-state index in [4.69, 9.17) is 24.2 Å². The van der Waals surface area contributed by atoms with Crippen molar-refractivity contribution in [3.8, 4) is 5.88 Å². The van der Waals surface area contributed by atoms with Gasteiger partial charge in [-0.2, -0.15) is 31.8 Å². The molecular formula is C25H27ClN8O11S3. The van der Waals surface area contributed by atoms with Gasteiger partial charge in [0.1, 0.15) is 16.3 Å². The summed E-state index contributed by atoms with van der Waals surface area (Å²) in [5.41, 5.74) is -1.36. The SMILES string of the molecule is C.CCn1c(O)c(CS(=O)(=O)O)c(C)c(N=Nc2cc(Nc3nc(Cl)nc(Nc4ccccc4)n3)ccc2S(=O)(=O)O)c1=O.O=S(=O)=O. The molecule has 0 saturated carbocycles. The number of anilines is 4. The maximum Gasteiger partial charge on any atom is 0.425 e. The van der Waals surface area contributed by atoms with Crippen molar-refractivity contribution < 1.29 is 43.7 Å². The van der Waals surface area contributed by atoms with Crippen molar-refractivity contribution in [1.82, 2.24) is 19.5 Å². The summed E-state index contributed by atoms with van der Waals surface area (Å²) in [4.78, 5) is 24.5. The van der Waals surface area contributed by atoms with E-state index in [0.29, 0.717) is 5.69 Å². The third-order valence-electron chi connectivity index (χ3n) is 5.81. The second-order valence-electron chi connectivity index (χ2n) is 8.98. The lowest BCUT2D eigenvalue weighted by atomic mass is 10.1. The zero-order chi connectivity index (χ0) is 35.1. The van der Waals surface area contributed by atoms with Crippen LogP contribution in [0.1, 0.15) is 25.5 Å². The van der Waals surface area contributed by atoms with E-state index in [-0.39, 0.29) is 48.0 Å². The maximum atomic E-state index is 13.0. The van der Waals surface area contributed by atoms with E-state index in [1.165, 1.54) is 19.9 Å². The van der Waals surface area contributed by atoms with Gasteiger partial charge in [0, 0.05) is 23.5 Å². The number of azo groups is 1. The van der Waals surface area contributed by atoms with Gasteiger partial charge >= 0.3 is 10.6 Å². The van der Waals surface area contributed by atoms with Gasteiger partial charge in [0.05, 0.1) is 0 Å². The molecule has 0 radical (unpaired) electrons. The summed E-state index contributed by atoms with van der Waals surface area (Å²) >= 11 is 6.04. The summed E-state index contributed by atoms with van der Waals surface area (Å²) in [5, 5.41) is 23.7. The molecule has 5 N–H and O–H groups in total. The molecule has 0 spiro atoms. The zero-order valence-electron chi connectivity index (χ0n) is 23.9. The fourth-order valence-electron chi connectivity index (χ4n) is 3.86. The van der Waals surface area contributed by atoms with Crippen molar-refractivity contribution >= 4 is 77.1 Å². The molecule has 0 fully saturated rings. The van der Waals surface area contributed by atoms with Crippen LogP contribution >= 0.6 is 11.6 Å². The molecule has 0 unspecified atom stereocenters. The number of pyridine rings is 1. The van der Waals surface area contributed by atoms with Crippen LogP contribution in [-0.4, -0.2) is 63.2 Å². The van der Waals surface area contributed by atoms with Gasteiger partial charge in [0.2, 0.25) is 17.2 Å². The lowest BCUT2D eigenvalue weighted by Crippen LogP contribution is -2.22. The monoisotopic (exact) mass is 746 g/mol. The normalized spacial score (nSPS) is 11.3. The highest BCUT2D eigenvalue weighted by atomic mass is 35.5. The first-order valence-corrected chi connectivity index (χ1v) is 17.0. The average Bonchev–Trinajstić information content (AvgIpc) is 2.94. The number of halogens is 1. The third kappa shape index (κ3) is 10.9. The number of nitrogens with zero attached hydrogens (tertiary/aromatic N) is 6. The molecule has 0 aliphatic heterocycles. The van der Waals surface area contributed by atoms with E-state index in [0.717, 1.165) is 16.7 Å². The topological polar surface area (TPSA) is 290 Å². The molecule has 258 valence electrons. The molecule has 2 heterocycles. The van der Waals surface area contributed by atoms with E-state index in [2.05, 4.69) is 35.8 Å².